The Kier molecular flexibility index (Phi) is 4.34. The highest BCUT2D eigenvalue weighted by molar-refractivity contribution is 6.25. The van der Waals surface area contributed by atoms with Crippen molar-refractivity contribution in [2.75, 3.05) is 24.6 Å². The Hall–Kier alpha value is -3.27. The van der Waals surface area contributed by atoms with Gasteiger partial charge in [-0.15, -0.1) is 0 Å². The number of benzene rings is 1. The summed E-state index contributed by atoms with van der Waals surface area (Å²) in [5, 5.41) is 11.4. The third kappa shape index (κ3) is 2.82. The van der Waals surface area contributed by atoms with Crippen LogP contribution in [0.3, 0.4) is 0 Å². The number of piperidine rings is 1. The van der Waals surface area contributed by atoms with Crippen molar-refractivity contribution < 1.29 is 33.8 Å². The molecule has 0 aromatic heterocycles. The summed E-state index contributed by atoms with van der Waals surface area (Å²) in [5.74, 6) is -3.44. The first-order valence-electron chi connectivity index (χ1n) is 8.82. The first-order chi connectivity index (χ1) is 13.4. The first-order valence-corrected chi connectivity index (χ1v) is 8.82. The molecular weight excluding hydrogens is 370 g/mol. The third-order valence-electron chi connectivity index (χ3n) is 5.13. The molecule has 2 N–H and O–H groups in total. The van der Waals surface area contributed by atoms with Crippen molar-refractivity contribution in [2.24, 2.45) is 0 Å². The molecule has 0 spiro atoms. The number of imide groups is 2. The van der Waals surface area contributed by atoms with Crippen LogP contribution in [0.2, 0.25) is 0 Å². The number of anilines is 1. The average molecular weight is 387 g/mol. The molecule has 28 heavy (non-hydrogen) atoms. The lowest BCUT2D eigenvalue weighted by molar-refractivity contribution is -0.150. The number of hydrogen-bond donors (Lipinski definition) is 2. The molecule has 0 aliphatic carbocycles. The SMILES string of the molecule is O=C1CCC(N2C(=O)c3cccc(N4CCOC(C(=O)O)C4)c3C2=O)C(=O)N1. The van der Waals surface area contributed by atoms with Crippen LogP contribution >= 0.6 is 0 Å². The minimum atomic E-state index is -1.11. The van der Waals surface area contributed by atoms with Crippen LogP contribution in [0.4, 0.5) is 5.69 Å². The molecule has 10 heteroatoms. The van der Waals surface area contributed by atoms with Gasteiger partial charge in [-0.25, -0.2) is 4.79 Å². The fraction of sp³-hybridized carbons (Fsp3) is 0.389. The minimum Gasteiger partial charge on any atom is -0.479 e. The van der Waals surface area contributed by atoms with Crippen LogP contribution in [0.1, 0.15) is 33.6 Å². The summed E-state index contributed by atoms with van der Waals surface area (Å²) in [5.41, 5.74) is 0.731. The molecule has 3 aliphatic heterocycles. The topological polar surface area (TPSA) is 133 Å². The maximum atomic E-state index is 13.1. The molecule has 0 saturated carbocycles. The Balaban J connectivity index is 1.67. The number of carbonyl (C=O) groups is 5. The smallest absolute Gasteiger partial charge is 0.334 e. The fourth-order valence-electron chi connectivity index (χ4n) is 3.78. The largest absolute Gasteiger partial charge is 0.479 e. The number of ether oxygens (including phenoxy) is 1. The normalized spacial score (nSPS) is 25.0. The summed E-state index contributed by atoms with van der Waals surface area (Å²) in [6, 6.07) is 3.70. The predicted octanol–water partition coefficient (Wildman–Crippen LogP) is -0.622. The second-order valence-corrected chi connectivity index (χ2v) is 6.79. The van der Waals surface area contributed by atoms with E-state index in [4.69, 9.17) is 4.74 Å². The lowest BCUT2D eigenvalue weighted by Gasteiger charge is -2.33. The number of nitrogens with zero attached hydrogens (tertiary/aromatic N) is 2. The lowest BCUT2D eigenvalue weighted by Crippen LogP contribution is -2.54. The zero-order chi connectivity index (χ0) is 20.0. The van der Waals surface area contributed by atoms with E-state index in [1.807, 2.05) is 0 Å². The number of fused-ring (bicyclic) bond motifs is 1. The van der Waals surface area contributed by atoms with E-state index < -0.39 is 41.7 Å². The van der Waals surface area contributed by atoms with E-state index in [2.05, 4.69) is 5.32 Å². The van der Waals surface area contributed by atoms with Gasteiger partial charge in [-0.05, 0) is 18.6 Å². The van der Waals surface area contributed by atoms with E-state index >= 15 is 0 Å². The quantitative estimate of drug-likeness (QED) is 0.656. The number of nitrogens with one attached hydrogen (secondary N) is 1. The Bertz CT molecular complexity index is 912. The van der Waals surface area contributed by atoms with Gasteiger partial charge in [0, 0.05) is 13.0 Å². The van der Waals surface area contributed by atoms with E-state index in [1.54, 1.807) is 17.0 Å². The molecule has 4 amide bonds. The van der Waals surface area contributed by atoms with Crippen LogP contribution < -0.4 is 10.2 Å². The highest BCUT2D eigenvalue weighted by atomic mass is 16.5. The Morgan fingerprint density at radius 2 is 1.96 bits per heavy atom. The number of hydrogen-bond acceptors (Lipinski definition) is 7. The second-order valence-electron chi connectivity index (χ2n) is 6.79. The number of morpholine rings is 1. The van der Waals surface area contributed by atoms with Gasteiger partial charge < -0.3 is 14.7 Å². The van der Waals surface area contributed by atoms with Gasteiger partial charge >= 0.3 is 5.97 Å². The molecule has 146 valence electrons. The summed E-state index contributed by atoms with van der Waals surface area (Å²) in [7, 11) is 0. The molecule has 2 saturated heterocycles. The maximum absolute atomic E-state index is 13.1. The summed E-state index contributed by atoms with van der Waals surface area (Å²) >= 11 is 0. The van der Waals surface area contributed by atoms with E-state index in [9.17, 15) is 29.1 Å². The molecular formula is C18H17N3O7. The highest BCUT2D eigenvalue weighted by Crippen LogP contribution is 2.34. The molecule has 1 aromatic rings. The lowest BCUT2D eigenvalue weighted by atomic mass is 10.0. The Morgan fingerprint density at radius 1 is 1.18 bits per heavy atom. The van der Waals surface area contributed by atoms with Gasteiger partial charge in [-0.1, -0.05) is 6.07 Å². The van der Waals surface area contributed by atoms with Crippen molar-refractivity contribution >= 4 is 35.3 Å². The number of carboxylic acid groups (broad SMARTS) is 1. The van der Waals surface area contributed by atoms with Crippen molar-refractivity contribution in [3.8, 4) is 0 Å². The van der Waals surface area contributed by atoms with Crippen LogP contribution in [-0.2, 0) is 19.1 Å². The van der Waals surface area contributed by atoms with Crippen LogP contribution in [-0.4, -0.2) is 71.4 Å². The summed E-state index contributed by atoms with van der Waals surface area (Å²) in [6.07, 6.45) is -0.923. The molecule has 2 atom stereocenters. The second kappa shape index (κ2) is 6.71. The molecule has 2 unspecified atom stereocenters. The van der Waals surface area contributed by atoms with Gasteiger partial charge in [0.05, 0.1) is 30.0 Å². The average Bonchev–Trinajstić information content (AvgIpc) is 2.93. The molecule has 0 bridgehead atoms. The van der Waals surface area contributed by atoms with Gasteiger partial charge in [0.25, 0.3) is 11.8 Å². The van der Waals surface area contributed by atoms with Crippen molar-refractivity contribution in [1.29, 1.82) is 0 Å². The number of carbonyl (C=O) groups excluding carboxylic acids is 4. The molecule has 0 radical (unpaired) electrons. The number of aliphatic carboxylic acids is 1. The fourth-order valence-corrected chi connectivity index (χ4v) is 3.78. The monoisotopic (exact) mass is 387 g/mol. The van der Waals surface area contributed by atoms with Crippen molar-refractivity contribution in [3.63, 3.8) is 0 Å². The van der Waals surface area contributed by atoms with Crippen LogP contribution in [0.25, 0.3) is 0 Å². The van der Waals surface area contributed by atoms with E-state index in [0.29, 0.717) is 12.2 Å². The minimum absolute atomic E-state index is 0.0334. The van der Waals surface area contributed by atoms with Gasteiger partial charge in [-0.3, -0.25) is 29.4 Å². The number of rotatable bonds is 3. The maximum Gasteiger partial charge on any atom is 0.334 e. The molecule has 10 nitrogen and oxygen atoms in total. The van der Waals surface area contributed by atoms with Crippen LogP contribution in [0.15, 0.2) is 18.2 Å². The number of carboxylic acids is 1. The summed E-state index contributed by atoms with van der Waals surface area (Å²) in [4.78, 5) is 63.3. The Labute approximate surface area is 159 Å². The molecule has 1 aromatic carbocycles. The Morgan fingerprint density at radius 3 is 2.68 bits per heavy atom. The molecule has 2 fully saturated rings. The van der Waals surface area contributed by atoms with E-state index in [1.165, 1.54) is 6.07 Å². The van der Waals surface area contributed by atoms with Crippen LogP contribution in [0.5, 0.6) is 0 Å². The predicted molar refractivity (Wildman–Crippen MR) is 92.7 cm³/mol. The molecule has 3 aliphatic rings. The zero-order valence-electron chi connectivity index (χ0n) is 14.7. The van der Waals surface area contributed by atoms with Gasteiger partial charge in [0.2, 0.25) is 11.8 Å². The van der Waals surface area contributed by atoms with E-state index in [0.717, 1.165) is 4.90 Å². The van der Waals surface area contributed by atoms with Crippen LogP contribution in [0, 0.1) is 0 Å². The van der Waals surface area contributed by atoms with Gasteiger partial charge in [0.15, 0.2) is 6.10 Å². The zero-order valence-corrected chi connectivity index (χ0v) is 14.7. The number of amides is 4. The molecule has 4 rings (SSSR count). The third-order valence-corrected chi connectivity index (χ3v) is 5.13. The van der Waals surface area contributed by atoms with Crippen molar-refractivity contribution in [2.45, 2.75) is 25.0 Å². The van der Waals surface area contributed by atoms with Gasteiger partial charge in [0.1, 0.15) is 6.04 Å². The van der Waals surface area contributed by atoms with Crippen molar-refractivity contribution in [1.82, 2.24) is 10.2 Å². The van der Waals surface area contributed by atoms with E-state index in [-0.39, 0.29) is 37.1 Å². The summed E-state index contributed by atoms with van der Waals surface area (Å²) in [6.45, 7) is 0.561. The standard InChI is InChI=1S/C18H17N3O7/c22-13-5-4-11(15(23)19-13)21-16(24)9-2-1-3-10(14(9)17(21)25)20-6-7-28-12(8-20)18(26)27/h1-3,11-12H,4-8H2,(H,26,27)(H,19,22,23). The highest BCUT2D eigenvalue weighted by Gasteiger charge is 2.46. The summed E-state index contributed by atoms with van der Waals surface area (Å²) < 4.78 is 5.21. The molecule has 3 heterocycles. The first kappa shape index (κ1) is 18.1. The van der Waals surface area contributed by atoms with Crippen molar-refractivity contribution in [3.05, 3.63) is 29.3 Å². The van der Waals surface area contributed by atoms with Gasteiger partial charge in [-0.2, -0.15) is 0 Å².